The van der Waals surface area contributed by atoms with Gasteiger partial charge in [-0.15, -0.1) is 0 Å². The van der Waals surface area contributed by atoms with E-state index in [0.29, 0.717) is 6.41 Å². The Bertz CT molecular complexity index is 224. The molecule has 1 amide bonds. The van der Waals surface area contributed by atoms with Gasteiger partial charge < -0.3 is 5.32 Å². The van der Waals surface area contributed by atoms with Gasteiger partial charge in [0.15, 0.2) is 0 Å². The van der Waals surface area contributed by atoms with Crippen molar-refractivity contribution in [3.63, 3.8) is 0 Å². The highest BCUT2D eigenvalue weighted by atomic mass is 16.1. The molecule has 0 saturated heterocycles. The molecule has 1 unspecified atom stereocenters. The van der Waals surface area contributed by atoms with E-state index in [1.54, 1.807) is 12.3 Å². The van der Waals surface area contributed by atoms with Crippen LogP contribution in [0.5, 0.6) is 0 Å². The van der Waals surface area contributed by atoms with Gasteiger partial charge in [-0.05, 0) is 13.0 Å². The van der Waals surface area contributed by atoms with E-state index >= 15 is 0 Å². The van der Waals surface area contributed by atoms with Crippen molar-refractivity contribution >= 4 is 6.41 Å². The summed E-state index contributed by atoms with van der Waals surface area (Å²) in [5, 5.41) is 2.59. The van der Waals surface area contributed by atoms with E-state index in [1.807, 2.05) is 6.92 Å². The second kappa shape index (κ2) is 3.65. The molecular formula is C7H9N3O. The van der Waals surface area contributed by atoms with E-state index in [9.17, 15) is 4.79 Å². The van der Waals surface area contributed by atoms with Crippen molar-refractivity contribution in [2.24, 2.45) is 0 Å². The Morgan fingerprint density at radius 3 is 3.09 bits per heavy atom. The van der Waals surface area contributed by atoms with Gasteiger partial charge in [-0.1, -0.05) is 0 Å². The largest absolute Gasteiger partial charge is 0.351 e. The number of rotatable bonds is 3. The minimum absolute atomic E-state index is 0.0458. The van der Waals surface area contributed by atoms with Crippen molar-refractivity contribution in [3.8, 4) is 0 Å². The number of carbonyl (C=O) groups is 1. The van der Waals surface area contributed by atoms with Crippen LogP contribution < -0.4 is 5.32 Å². The van der Waals surface area contributed by atoms with E-state index < -0.39 is 0 Å². The van der Waals surface area contributed by atoms with Crippen molar-refractivity contribution in [2.45, 2.75) is 13.0 Å². The first-order chi connectivity index (χ1) is 5.34. The summed E-state index contributed by atoms with van der Waals surface area (Å²) in [6.45, 7) is 1.86. The van der Waals surface area contributed by atoms with Crippen molar-refractivity contribution in [1.82, 2.24) is 15.3 Å². The summed E-state index contributed by atoms with van der Waals surface area (Å²) in [7, 11) is 0. The minimum Gasteiger partial charge on any atom is -0.351 e. The van der Waals surface area contributed by atoms with Gasteiger partial charge in [-0.2, -0.15) is 0 Å². The summed E-state index contributed by atoms with van der Waals surface area (Å²) in [5.41, 5.74) is 0.812. The second-order valence-electron chi connectivity index (χ2n) is 2.14. The zero-order valence-corrected chi connectivity index (χ0v) is 6.19. The summed E-state index contributed by atoms with van der Waals surface area (Å²) in [6.07, 6.45) is 3.76. The molecule has 0 bridgehead atoms. The molecule has 1 aromatic rings. The Morgan fingerprint density at radius 2 is 2.55 bits per heavy atom. The van der Waals surface area contributed by atoms with Crippen LogP contribution in [0.2, 0.25) is 0 Å². The van der Waals surface area contributed by atoms with Crippen LogP contribution in [-0.2, 0) is 4.79 Å². The zero-order chi connectivity index (χ0) is 8.10. The van der Waals surface area contributed by atoms with Gasteiger partial charge in [0.05, 0.1) is 11.7 Å². The summed E-state index contributed by atoms with van der Waals surface area (Å²) < 4.78 is 0. The summed E-state index contributed by atoms with van der Waals surface area (Å²) in [5.74, 6) is 0. The monoisotopic (exact) mass is 151 g/mol. The molecule has 0 aliphatic heterocycles. The molecule has 0 spiro atoms. The molecule has 0 fully saturated rings. The number of carbonyl (C=O) groups excluding carboxylic acids is 1. The quantitative estimate of drug-likeness (QED) is 0.631. The maximum Gasteiger partial charge on any atom is 0.207 e. The Hall–Kier alpha value is -1.45. The fourth-order valence-corrected chi connectivity index (χ4v) is 0.745. The van der Waals surface area contributed by atoms with Crippen LogP contribution in [0.4, 0.5) is 0 Å². The standard InChI is InChI=1S/C7H9N3O/c1-6(10-5-11)7-2-3-8-4-9-7/h2-6H,1H3,(H,10,11). The van der Waals surface area contributed by atoms with Crippen molar-refractivity contribution < 1.29 is 4.79 Å². The predicted molar refractivity (Wildman–Crippen MR) is 39.6 cm³/mol. The molecule has 1 aromatic heterocycles. The van der Waals surface area contributed by atoms with Crippen molar-refractivity contribution in [3.05, 3.63) is 24.3 Å². The third kappa shape index (κ3) is 2.00. The molecule has 0 aliphatic carbocycles. The number of hydrogen-bond acceptors (Lipinski definition) is 3. The van der Waals surface area contributed by atoms with Gasteiger partial charge in [0.25, 0.3) is 0 Å². The highest BCUT2D eigenvalue weighted by molar-refractivity contribution is 5.47. The molecule has 0 aliphatic rings. The SMILES string of the molecule is CC(NC=O)c1ccncn1. The third-order valence-electron chi connectivity index (χ3n) is 1.37. The van der Waals surface area contributed by atoms with E-state index in [-0.39, 0.29) is 6.04 Å². The Balaban J connectivity index is 2.68. The summed E-state index contributed by atoms with van der Waals surface area (Å²) >= 11 is 0. The Morgan fingerprint density at radius 1 is 1.73 bits per heavy atom. The summed E-state index contributed by atoms with van der Waals surface area (Å²) in [6, 6.07) is 1.72. The lowest BCUT2D eigenvalue weighted by molar-refractivity contribution is -0.110. The van der Waals surface area contributed by atoms with Crippen LogP contribution in [0.15, 0.2) is 18.6 Å². The molecule has 58 valence electrons. The van der Waals surface area contributed by atoms with Crippen LogP contribution in [0.3, 0.4) is 0 Å². The van der Waals surface area contributed by atoms with E-state index in [2.05, 4.69) is 15.3 Å². The predicted octanol–water partition coefficient (Wildman–Crippen LogP) is 0.284. The number of amides is 1. The number of aromatic nitrogens is 2. The maximum atomic E-state index is 10.0. The van der Waals surface area contributed by atoms with E-state index in [4.69, 9.17) is 0 Å². The van der Waals surface area contributed by atoms with Crippen molar-refractivity contribution in [1.29, 1.82) is 0 Å². The highest BCUT2D eigenvalue weighted by Crippen LogP contribution is 2.04. The number of nitrogens with zero attached hydrogens (tertiary/aromatic N) is 2. The first kappa shape index (κ1) is 7.65. The summed E-state index contributed by atoms with van der Waals surface area (Å²) in [4.78, 5) is 17.8. The molecule has 1 N–H and O–H groups in total. The van der Waals surface area contributed by atoms with Crippen LogP contribution in [0.25, 0.3) is 0 Å². The molecule has 4 nitrogen and oxygen atoms in total. The van der Waals surface area contributed by atoms with Gasteiger partial charge in [0, 0.05) is 6.20 Å². The van der Waals surface area contributed by atoms with Crippen LogP contribution in [-0.4, -0.2) is 16.4 Å². The number of nitrogens with one attached hydrogen (secondary N) is 1. The average Bonchev–Trinajstić information content (AvgIpc) is 2.07. The third-order valence-corrected chi connectivity index (χ3v) is 1.37. The molecule has 0 aromatic carbocycles. The molecule has 1 heterocycles. The van der Waals surface area contributed by atoms with Gasteiger partial charge >= 0.3 is 0 Å². The molecule has 1 atom stereocenters. The van der Waals surface area contributed by atoms with E-state index in [1.165, 1.54) is 6.33 Å². The van der Waals surface area contributed by atoms with Crippen molar-refractivity contribution in [2.75, 3.05) is 0 Å². The van der Waals surface area contributed by atoms with Gasteiger partial charge in [0.2, 0.25) is 6.41 Å². The molecule has 1 rings (SSSR count). The molecule has 11 heavy (non-hydrogen) atoms. The van der Waals surface area contributed by atoms with Gasteiger partial charge in [-0.3, -0.25) is 4.79 Å². The molecular weight excluding hydrogens is 142 g/mol. The normalized spacial score (nSPS) is 12.1. The Labute approximate surface area is 64.7 Å². The molecule has 0 radical (unpaired) electrons. The lowest BCUT2D eigenvalue weighted by Gasteiger charge is -2.07. The smallest absolute Gasteiger partial charge is 0.207 e. The highest BCUT2D eigenvalue weighted by Gasteiger charge is 2.02. The lowest BCUT2D eigenvalue weighted by atomic mass is 10.2. The van der Waals surface area contributed by atoms with Crippen LogP contribution in [0, 0.1) is 0 Å². The first-order valence-corrected chi connectivity index (χ1v) is 3.30. The fourth-order valence-electron chi connectivity index (χ4n) is 0.745. The van der Waals surface area contributed by atoms with Crippen LogP contribution >= 0.6 is 0 Å². The fraction of sp³-hybridized carbons (Fsp3) is 0.286. The topological polar surface area (TPSA) is 54.9 Å². The zero-order valence-electron chi connectivity index (χ0n) is 6.19. The number of hydrogen-bond donors (Lipinski definition) is 1. The lowest BCUT2D eigenvalue weighted by Crippen LogP contribution is -2.17. The van der Waals surface area contributed by atoms with Gasteiger partial charge in [-0.25, -0.2) is 9.97 Å². The first-order valence-electron chi connectivity index (χ1n) is 3.30. The minimum atomic E-state index is -0.0458. The van der Waals surface area contributed by atoms with E-state index in [0.717, 1.165) is 5.69 Å². The average molecular weight is 151 g/mol. The molecule has 0 saturated carbocycles. The molecule has 4 heteroatoms. The van der Waals surface area contributed by atoms with Gasteiger partial charge in [0.1, 0.15) is 6.33 Å². The maximum absolute atomic E-state index is 10.0. The van der Waals surface area contributed by atoms with Crippen LogP contribution in [0.1, 0.15) is 18.7 Å². The Kier molecular flexibility index (Phi) is 2.54. The second-order valence-corrected chi connectivity index (χ2v) is 2.14.